The van der Waals surface area contributed by atoms with Gasteiger partial charge in [0.25, 0.3) is 0 Å². The van der Waals surface area contributed by atoms with E-state index in [0.717, 1.165) is 22.9 Å². The summed E-state index contributed by atoms with van der Waals surface area (Å²) in [6.07, 6.45) is 6.30. The predicted molar refractivity (Wildman–Crippen MR) is 82.9 cm³/mol. The number of benzene rings is 1. The number of pyridine rings is 1. The van der Waals surface area contributed by atoms with Crippen LogP contribution in [0.5, 0.6) is 0 Å². The Labute approximate surface area is 127 Å². The van der Waals surface area contributed by atoms with Crippen molar-refractivity contribution < 1.29 is 9.18 Å². The van der Waals surface area contributed by atoms with Gasteiger partial charge >= 0.3 is 0 Å². The van der Waals surface area contributed by atoms with Gasteiger partial charge < -0.3 is 10.3 Å². The highest BCUT2D eigenvalue weighted by Crippen LogP contribution is 2.19. The van der Waals surface area contributed by atoms with Gasteiger partial charge in [0.1, 0.15) is 5.82 Å². The standard InChI is InChI=1S/C17H16FN3O/c18-14-3-4-15-13(11-21-16(15)9-14)8-17(22)20-7-5-12-2-1-6-19-10-12/h1-4,6,9-11,21H,5,7-8H2,(H,20,22). The number of hydrogen-bond donors (Lipinski definition) is 2. The van der Waals surface area contributed by atoms with Crippen LogP contribution in [0.3, 0.4) is 0 Å². The number of carbonyl (C=O) groups excluding carboxylic acids is 1. The van der Waals surface area contributed by atoms with Crippen molar-refractivity contribution in [2.45, 2.75) is 12.8 Å². The van der Waals surface area contributed by atoms with Gasteiger partial charge in [-0.15, -0.1) is 0 Å². The third kappa shape index (κ3) is 3.31. The predicted octanol–water partition coefficient (Wildman–Crippen LogP) is 2.60. The number of aromatic amines is 1. The van der Waals surface area contributed by atoms with E-state index in [9.17, 15) is 9.18 Å². The molecule has 2 heterocycles. The Morgan fingerprint density at radius 1 is 1.32 bits per heavy atom. The molecule has 0 bridgehead atoms. The van der Waals surface area contributed by atoms with E-state index in [-0.39, 0.29) is 18.1 Å². The van der Waals surface area contributed by atoms with Crippen LogP contribution in [0, 0.1) is 5.82 Å². The zero-order valence-electron chi connectivity index (χ0n) is 12.0. The third-order valence-corrected chi connectivity index (χ3v) is 3.54. The van der Waals surface area contributed by atoms with Crippen LogP contribution in [0.25, 0.3) is 10.9 Å². The smallest absolute Gasteiger partial charge is 0.224 e. The van der Waals surface area contributed by atoms with Crippen molar-refractivity contribution in [2.24, 2.45) is 0 Å². The second kappa shape index (κ2) is 6.39. The SMILES string of the molecule is O=C(Cc1c[nH]c2cc(F)ccc12)NCCc1cccnc1. The number of carbonyl (C=O) groups is 1. The van der Waals surface area contributed by atoms with Gasteiger partial charge in [0.2, 0.25) is 5.91 Å². The van der Waals surface area contributed by atoms with Crippen LogP contribution in [-0.2, 0) is 17.6 Å². The normalized spacial score (nSPS) is 10.8. The topological polar surface area (TPSA) is 57.8 Å². The summed E-state index contributed by atoms with van der Waals surface area (Å²) in [5, 5.41) is 3.77. The first-order chi connectivity index (χ1) is 10.7. The number of fused-ring (bicyclic) bond motifs is 1. The molecule has 3 aromatic rings. The highest BCUT2D eigenvalue weighted by molar-refractivity contribution is 5.88. The van der Waals surface area contributed by atoms with E-state index in [1.165, 1.54) is 12.1 Å². The molecule has 0 spiro atoms. The van der Waals surface area contributed by atoms with Crippen molar-refractivity contribution in [1.82, 2.24) is 15.3 Å². The van der Waals surface area contributed by atoms with Crippen LogP contribution in [-0.4, -0.2) is 22.4 Å². The number of H-pyrrole nitrogens is 1. The van der Waals surface area contributed by atoms with Crippen molar-refractivity contribution in [2.75, 3.05) is 6.54 Å². The number of amides is 1. The summed E-state index contributed by atoms with van der Waals surface area (Å²) >= 11 is 0. The summed E-state index contributed by atoms with van der Waals surface area (Å²) in [7, 11) is 0. The number of hydrogen-bond acceptors (Lipinski definition) is 2. The molecule has 0 saturated carbocycles. The maximum Gasteiger partial charge on any atom is 0.224 e. The first-order valence-corrected chi connectivity index (χ1v) is 7.13. The van der Waals surface area contributed by atoms with E-state index >= 15 is 0 Å². The van der Waals surface area contributed by atoms with Crippen molar-refractivity contribution in [3.05, 3.63) is 65.9 Å². The summed E-state index contributed by atoms with van der Waals surface area (Å²) in [4.78, 5) is 19.0. The molecule has 0 radical (unpaired) electrons. The van der Waals surface area contributed by atoms with Gasteiger partial charge in [-0.1, -0.05) is 6.07 Å². The quantitative estimate of drug-likeness (QED) is 0.760. The minimum Gasteiger partial charge on any atom is -0.361 e. The van der Waals surface area contributed by atoms with E-state index in [2.05, 4.69) is 15.3 Å². The Morgan fingerprint density at radius 3 is 3.05 bits per heavy atom. The van der Waals surface area contributed by atoms with Gasteiger partial charge in [-0.05, 0) is 41.8 Å². The van der Waals surface area contributed by atoms with Crippen molar-refractivity contribution in [3.63, 3.8) is 0 Å². The van der Waals surface area contributed by atoms with Gasteiger partial charge in [-0.3, -0.25) is 9.78 Å². The Bertz CT molecular complexity index is 783. The Hall–Kier alpha value is -2.69. The Balaban J connectivity index is 1.57. The highest BCUT2D eigenvalue weighted by atomic mass is 19.1. The van der Waals surface area contributed by atoms with Crippen LogP contribution in [0.1, 0.15) is 11.1 Å². The molecule has 0 aliphatic rings. The molecule has 0 unspecified atom stereocenters. The minimum atomic E-state index is -0.290. The average molecular weight is 297 g/mol. The number of nitrogens with one attached hydrogen (secondary N) is 2. The molecule has 112 valence electrons. The first-order valence-electron chi connectivity index (χ1n) is 7.13. The van der Waals surface area contributed by atoms with Crippen LogP contribution in [0.15, 0.2) is 48.9 Å². The van der Waals surface area contributed by atoms with Gasteiger partial charge in [0.15, 0.2) is 0 Å². The molecule has 1 aromatic carbocycles. The largest absolute Gasteiger partial charge is 0.361 e. The fourth-order valence-electron chi connectivity index (χ4n) is 2.43. The Morgan fingerprint density at radius 2 is 2.23 bits per heavy atom. The number of rotatable bonds is 5. The summed E-state index contributed by atoms with van der Waals surface area (Å²) in [6, 6.07) is 8.38. The highest BCUT2D eigenvalue weighted by Gasteiger charge is 2.09. The minimum absolute atomic E-state index is 0.0471. The zero-order valence-corrected chi connectivity index (χ0v) is 12.0. The molecule has 0 aliphatic carbocycles. The molecule has 0 aliphatic heterocycles. The van der Waals surface area contributed by atoms with E-state index in [1.807, 2.05) is 12.1 Å². The van der Waals surface area contributed by atoms with Crippen LogP contribution in [0.2, 0.25) is 0 Å². The van der Waals surface area contributed by atoms with Crippen molar-refractivity contribution >= 4 is 16.8 Å². The first kappa shape index (κ1) is 14.3. The van der Waals surface area contributed by atoms with Crippen molar-refractivity contribution in [3.8, 4) is 0 Å². The molecule has 22 heavy (non-hydrogen) atoms. The van der Waals surface area contributed by atoms with E-state index in [0.29, 0.717) is 12.1 Å². The third-order valence-electron chi connectivity index (χ3n) is 3.54. The maximum absolute atomic E-state index is 13.1. The molecule has 5 heteroatoms. The molecule has 1 amide bonds. The van der Waals surface area contributed by atoms with Crippen molar-refractivity contribution in [1.29, 1.82) is 0 Å². The van der Waals surface area contributed by atoms with Crippen LogP contribution < -0.4 is 5.32 Å². The molecule has 0 saturated heterocycles. The second-order valence-corrected chi connectivity index (χ2v) is 5.14. The maximum atomic E-state index is 13.1. The summed E-state index contributed by atoms with van der Waals surface area (Å²) in [6.45, 7) is 0.571. The lowest BCUT2D eigenvalue weighted by Gasteiger charge is -2.05. The Kier molecular flexibility index (Phi) is 4.14. The molecule has 0 atom stereocenters. The molecule has 3 rings (SSSR count). The number of nitrogens with zero attached hydrogens (tertiary/aromatic N) is 1. The lowest BCUT2D eigenvalue weighted by atomic mass is 10.1. The monoisotopic (exact) mass is 297 g/mol. The zero-order chi connectivity index (χ0) is 15.4. The lowest BCUT2D eigenvalue weighted by molar-refractivity contribution is -0.120. The summed E-state index contributed by atoms with van der Waals surface area (Å²) < 4.78 is 13.1. The molecule has 2 N–H and O–H groups in total. The van der Waals surface area contributed by atoms with Gasteiger partial charge in [-0.2, -0.15) is 0 Å². The lowest BCUT2D eigenvalue weighted by Crippen LogP contribution is -2.27. The molecule has 0 fully saturated rings. The molecule has 4 nitrogen and oxygen atoms in total. The van der Waals surface area contributed by atoms with Gasteiger partial charge in [0, 0.05) is 36.0 Å². The summed E-state index contributed by atoms with van der Waals surface area (Å²) in [5.74, 6) is -0.337. The fraction of sp³-hybridized carbons (Fsp3) is 0.176. The van der Waals surface area contributed by atoms with Crippen LogP contribution >= 0.6 is 0 Å². The van der Waals surface area contributed by atoms with Gasteiger partial charge in [-0.25, -0.2) is 4.39 Å². The van der Waals surface area contributed by atoms with E-state index in [4.69, 9.17) is 0 Å². The second-order valence-electron chi connectivity index (χ2n) is 5.14. The molecular weight excluding hydrogens is 281 g/mol. The molecular formula is C17H16FN3O. The number of aromatic nitrogens is 2. The average Bonchev–Trinajstić information content (AvgIpc) is 2.90. The summed E-state index contributed by atoms with van der Waals surface area (Å²) in [5.41, 5.74) is 2.66. The van der Waals surface area contributed by atoms with Crippen LogP contribution in [0.4, 0.5) is 4.39 Å². The van der Waals surface area contributed by atoms with Gasteiger partial charge in [0.05, 0.1) is 6.42 Å². The van der Waals surface area contributed by atoms with E-state index in [1.54, 1.807) is 24.7 Å². The fourth-order valence-corrected chi connectivity index (χ4v) is 2.43. The number of halogens is 1. The molecule has 2 aromatic heterocycles. The van der Waals surface area contributed by atoms with E-state index < -0.39 is 0 Å².